The summed E-state index contributed by atoms with van der Waals surface area (Å²) in [6.45, 7) is 0.581. The molecular weight excluding hydrogens is 354 g/mol. The average molecular weight is 375 g/mol. The lowest BCUT2D eigenvalue weighted by Gasteiger charge is -2.12. The van der Waals surface area contributed by atoms with E-state index in [1.807, 2.05) is 24.3 Å². The van der Waals surface area contributed by atoms with Crippen LogP contribution in [0, 0.1) is 0 Å². The Morgan fingerprint density at radius 3 is 2.69 bits per heavy atom. The van der Waals surface area contributed by atoms with E-state index in [0.717, 1.165) is 11.3 Å². The number of hydrogen-bond acceptors (Lipinski definition) is 6. The van der Waals surface area contributed by atoms with Crippen LogP contribution in [-0.2, 0) is 16.4 Å². The molecule has 1 unspecified atom stereocenters. The first-order valence-electron chi connectivity index (χ1n) is 8.28. The van der Waals surface area contributed by atoms with Crippen LogP contribution in [0.15, 0.2) is 42.7 Å². The zero-order chi connectivity index (χ0) is 18.6. The van der Waals surface area contributed by atoms with Crippen molar-refractivity contribution in [2.24, 2.45) is 0 Å². The molecule has 2 aromatic rings. The standard InChI is InChI=1S/C18H21N3O4S/c1-25-17-4-2-13(3-5-17)9-20-16-8-14(10-19-11-16)18(22)21-15-6-7-26(23,24)12-15/h2-5,8,10-11,15,20H,6-7,9,12H2,1H3,(H,21,22). The van der Waals surface area contributed by atoms with Crippen LogP contribution in [0.1, 0.15) is 22.3 Å². The van der Waals surface area contributed by atoms with Gasteiger partial charge in [-0.15, -0.1) is 0 Å². The lowest BCUT2D eigenvalue weighted by atomic mass is 10.2. The third kappa shape index (κ3) is 4.72. The van der Waals surface area contributed by atoms with Crippen LogP contribution in [0.3, 0.4) is 0 Å². The number of amides is 1. The fourth-order valence-electron chi connectivity index (χ4n) is 2.79. The van der Waals surface area contributed by atoms with E-state index in [1.165, 1.54) is 6.20 Å². The molecule has 1 aliphatic rings. The van der Waals surface area contributed by atoms with Gasteiger partial charge < -0.3 is 15.4 Å². The van der Waals surface area contributed by atoms with Crippen LogP contribution in [-0.4, -0.2) is 44.0 Å². The largest absolute Gasteiger partial charge is 0.497 e. The van der Waals surface area contributed by atoms with Crippen LogP contribution in [0.2, 0.25) is 0 Å². The van der Waals surface area contributed by atoms with Gasteiger partial charge >= 0.3 is 0 Å². The van der Waals surface area contributed by atoms with Gasteiger partial charge in [0.2, 0.25) is 0 Å². The molecule has 2 heterocycles. The Morgan fingerprint density at radius 2 is 2.04 bits per heavy atom. The molecule has 1 aliphatic heterocycles. The summed E-state index contributed by atoms with van der Waals surface area (Å²) in [7, 11) is -1.41. The van der Waals surface area contributed by atoms with Crippen LogP contribution in [0.5, 0.6) is 5.75 Å². The molecule has 1 aromatic heterocycles. The third-order valence-corrected chi connectivity index (χ3v) is 5.99. The van der Waals surface area contributed by atoms with Crippen molar-refractivity contribution in [3.63, 3.8) is 0 Å². The maximum atomic E-state index is 12.3. The normalized spacial score (nSPS) is 18.3. The van der Waals surface area contributed by atoms with Gasteiger partial charge in [-0.2, -0.15) is 0 Å². The highest BCUT2D eigenvalue weighted by Crippen LogP contribution is 2.15. The van der Waals surface area contributed by atoms with Crippen molar-refractivity contribution in [2.75, 3.05) is 23.9 Å². The number of anilines is 1. The highest BCUT2D eigenvalue weighted by Gasteiger charge is 2.29. The molecule has 1 atom stereocenters. The molecule has 1 saturated heterocycles. The van der Waals surface area contributed by atoms with Gasteiger partial charge in [-0.05, 0) is 30.2 Å². The van der Waals surface area contributed by atoms with Gasteiger partial charge in [-0.3, -0.25) is 9.78 Å². The molecule has 0 aliphatic carbocycles. The van der Waals surface area contributed by atoms with Crippen LogP contribution >= 0.6 is 0 Å². The minimum atomic E-state index is -3.03. The van der Waals surface area contributed by atoms with Crippen molar-refractivity contribution in [3.8, 4) is 5.75 Å². The number of pyridine rings is 1. The zero-order valence-electron chi connectivity index (χ0n) is 14.4. The molecular formula is C18H21N3O4S. The monoisotopic (exact) mass is 375 g/mol. The van der Waals surface area contributed by atoms with Gasteiger partial charge in [-0.1, -0.05) is 12.1 Å². The predicted octanol–water partition coefficient (Wildman–Crippen LogP) is 1.62. The van der Waals surface area contributed by atoms with Crippen molar-refractivity contribution in [1.82, 2.24) is 10.3 Å². The van der Waals surface area contributed by atoms with Crippen molar-refractivity contribution in [3.05, 3.63) is 53.9 Å². The van der Waals surface area contributed by atoms with Crippen molar-refractivity contribution in [1.29, 1.82) is 0 Å². The lowest BCUT2D eigenvalue weighted by molar-refractivity contribution is 0.0941. The van der Waals surface area contributed by atoms with Crippen molar-refractivity contribution < 1.29 is 17.9 Å². The smallest absolute Gasteiger partial charge is 0.253 e. The zero-order valence-corrected chi connectivity index (χ0v) is 15.3. The first-order chi connectivity index (χ1) is 12.4. The summed E-state index contributed by atoms with van der Waals surface area (Å²) < 4.78 is 28.1. The number of rotatable bonds is 6. The lowest BCUT2D eigenvalue weighted by Crippen LogP contribution is -2.35. The van der Waals surface area contributed by atoms with E-state index in [4.69, 9.17) is 4.74 Å². The maximum absolute atomic E-state index is 12.3. The molecule has 8 heteroatoms. The number of hydrogen-bond donors (Lipinski definition) is 2. The fraction of sp³-hybridized carbons (Fsp3) is 0.333. The van der Waals surface area contributed by atoms with Crippen molar-refractivity contribution in [2.45, 2.75) is 19.0 Å². The molecule has 26 heavy (non-hydrogen) atoms. The molecule has 2 N–H and O–H groups in total. The second kappa shape index (κ2) is 7.74. The van der Waals surface area contributed by atoms with Crippen LogP contribution < -0.4 is 15.4 Å². The first-order valence-corrected chi connectivity index (χ1v) is 10.1. The number of nitrogens with zero attached hydrogens (tertiary/aromatic N) is 1. The third-order valence-electron chi connectivity index (χ3n) is 4.22. The quantitative estimate of drug-likeness (QED) is 0.796. The minimum absolute atomic E-state index is 0.00157. The number of carbonyl (C=O) groups excluding carboxylic acids is 1. The van der Waals surface area contributed by atoms with E-state index < -0.39 is 9.84 Å². The maximum Gasteiger partial charge on any atom is 0.253 e. The second-order valence-corrected chi connectivity index (χ2v) is 8.47. The molecule has 0 spiro atoms. The van der Waals surface area contributed by atoms with E-state index in [9.17, 15) is 13.2 Å². The highest BCUT2D eigenvalue weighted by atomic mass is 32.2. The Morgan fingerprint density at radius 1 is 1.27 bits per heavy atom. The summed E-state index contributed by atoms with van der Waals surface area (Å²) in [6.07, 6.45) is 3.56. The number of aromatic nitrogens is 1. The average Bonchev–Trinajstić information content (AvgIpc) is 2.99. The summed E-state index contributed by atoms with van der Waals surface area (Å²) in [5, 5.41) is 5.99. The molecule has 1 aromatic carbocycles. The first kappa shape index (κ1) is 18.2. The van der Waals surface area contributed by atoms with Gasteiger partial charge in [0.05, 0.1) is 29.9 Å². The van der Waals surface area contributed by atoms with Gasteiger partial charge in [0, 0.05) is 25.0 Å². The molecule has 0 saturated carbocycles. The molecule has 7 nitrogen and oxygen atoms in total. The van der Waals surface area contributed by atoms with Gasteiger partial charge in [-0.25, -0.2) is 8.42 Å². The van der Waals surface area contributed by atoms with E-state index >= 15 is 0 Å². The van der Waals surface area contributed by atoms with Gasteiger partial charge in [0.25, 0.3) is 5.91 Å². The number of methoxy groups -OCH3 is 1. The van der Waals surface area contributed by atoms with E-state index in [2.05, 4.69) is 15.6 Å². The molecule has 138 valence electrons. The van der Waals surface area contributed by atoms with Crippen LogP contribution in [0.25, 0.3) is 0 Å². The SMILES string of the molecule is COc1ccc(CNc2cncc(C(=O)NC3CCS(=O)(=O)C3)c2)cc1. The van der Waals surface area contributed by atoms with Gasteiger partial charge in [0.15, 0.2) is 9.84 Å². The summed E-state index contributed by atoms with van der Waals surface area (Å²) in [4.78, 5) is 16.4. The molecule has 3 rings (SSSR count). The van der Waals surface area contributed by atoms with Crippen molar-refractivity contribution >= 4 is 21.4 Å². The Bertz CT molecular complexity index is 882. The Balaban J connectivity index is 1.59. The minimum Gasteiger partial charge on any atom is -0.497 e. The Kier molecular flexibility index (Phi) is 5.41. The molecule has 0 bridgehead atoms. The van der Waals surface area contributed by atoms with E-state index in [1.54, 1.807) is 19.4 Å². The van der Waals surface area contributed by atoms with Gasteiger partial charge in [0.1, 0.15) is 5.75 Å². The highest BCUT2D eigenvalue weighted by molar-refractivity contribution is 7.91. The predicted molar refractivity (Wildman–Crippen MR) is 99.1 cm³/mol. The Hall–Kier alpha value is -2.61. The number of benzene rings is 1. The van der Waals surface area contributed by atoms with Crippen LogP contribution in [0.4, 0.5) is 5.69 Å². The summed E-state index contributed by atoms with van der Waals surface area (Å²) >= 11 is 0. The number of sulfone groups is 1. The number of carbonyl (C=O) groups is 1. The summed E-state index contributed by atoms with van der Waals surface area (Å²) in [5.41, 5.74) is 2.18. The fourth-order valence-corrected chi connectivity index (χ4v) is 4.46. The summed E-state index contributed by atoms with van der Waals surface area (Å²) in [5.74, 6) is 0.608. The summed E-state index contributed by atoms with van der Waals surface area (Å²) in [6, 6.07) is 9.05. The number of nitrogens with one attached hydrogen (secondary N) is 2. The van der Waals surface area contributed by atoms with E-state index in [-0.39, 0.29) is 23.5 Å². The molecule has 0 radical (unpaired) electrons. The second-order valence-electron chi connectivity index (χ2n) is 6.24. The Labute approximate surface area is 152 Å². The number of ether oxygens (including phenoxy) is 1. The molecule has 1 amide bonds. The molecule has 1 fully saturated rings. The van der Waals surface area contributed by atoms with E-state index in [0.29, 0.717) is 24.2 Å². The topological polar surface area (TPSA) is 97.4 Å².